The van der Waals surface area contributed by atoms with Gasteiger partial charge in [-0.05, 0) is 47.5 Å². The number of anilines is 2. The van der Waals surface area contributed by atoms with E-state index < -0.39 is 21.6 Å². The molecule has 2 aromatic heterocycles. The quantitative estimate of drug-likeness (QED) is 0.183. The average molecular weight is 621 g/mol. The Balaban J connectivity index is 0.000000192. The summed E-state index contributed by atoms with van der Waals surface area (Å²) in [6.07, 6.45) is 0. The molecule has 6 rings (SSSR count). The summed E-state index contributed by atoms with van der Waals surface area (Å²) in [5.41, 5.74) is 18.0. The van der Waals surface area contributed by atoms with Crippen molar-refractivity contribution >= 4 is 55.0 Å². The van der Waals surface area contributed by atoms with E-state index >= 15 is 0 Å². The van der Waals surface area contributed by atoms with Crippen LogP contribution in [0.5, 0.6) is 11.5 Å². The van der Waals surface area contributed by atoms with Crippen LogP contribution in [0.1, 0.15) is 11.1 Å². The van der Waals surface area contributed by atoms with E-state index in [-0.39, 0.29) is 5.48 Å². The van der Waals surface area contributed by atoms with Gasteiger partial charge in [0.1, 0.15) is 11.5 Å². The molecule has 0 aliphatic heterocycles. The highest BCUT2D eigenvalue weighted by Crippen LogP contribution is 2.28. The number of rotatable bonds is 8. The van der Waals surface area contributed by atoms with Crippen molar-refractivity contribution in [1.82, 2.24) is 19.9 Å². The molecule has 224 valence electrons. The van der Waals surface area contributed by atoms with Crippen LogP contribution < -0.4 is 20.9 Å². The first-order chi connectivity index (χ1) is 20.4. The molecule has 43 heavy (non-hydrogen) atoms. The fourth-order valence-corrected chi connectivity index (χ4v) is 6.47. The number of nitrogens with one attached hydrogen (secondary N) is 2. The van der Waals surface area contributed by atoms with Crippen LogP contribution in [-0.4, -0.2) is 48.0 Å². The highest BCUT2D eigenvalue weighted by atomic mass is 32.2. The van der Waals surface area contributed by atoms with Gasteiger partial charge in [-0.2, -0.15) is 0 Å². The van der Waals surface area contributed by atoms with Gasteiger partial charge in [0, 0.05) is 0 Å². The van der Waals surface area contributed by atoms with Crippen molar-refractivity contribution in [3.8, 4) is 11.5 Å². The molecule has 0 saturated heterocycles. The summed E-state index contributed by atoms with van der Waals surface area (Å²) in [5, 5.41) is 0.914. The third-order valence-electron chi connectivity index (χ3n) is 6.49. The van der Waals surface area contributed by atoms with E-state index in [9.17, 15) is 8.42 Å². The van der Waals surface area contributed by atoms with Crippen LogP contribution in [0.15, 0.2) is 95.2 Å². The summed E-state index contributed by atoms with van der Waals surface area (Å²) >= 11 is 0. The number of aromatic amines is 2. The first-order valence-electron chi connectivity index (χ1n) is 12.9. The average Bonchev–Trinajstić information content (AvgIpc) is 3.65. The number of nitrogens with zero attached hydrogens (tertiary/aromatic N) is 2. The van der Waals surface area contributed by atoms with Crippen LogP contribution >= 0.6 is 0 Å². The minimum Gasteiger partial charge on any atom is -0.495 e. The molecule has 2 atom stereocenters. The Labute approximate surface area is 252 Å². The summed E-state index contributed by atoms with van der Waals surface area (Å²) in [5.74, 6) is 1.77. The first-order valence-corrected chi connectivity index (χ1v) is 15.5. The van der Waals surface area contributed by atoms with Crippen molar-refractivity contribution in [2.75, 3.05) is 25.7 Å². The molecule has 8 N–H and O–H groups in total. The molecular formula is C30H32N6O5S2. The topological polar surface area (TPSA) is 194 Å². The maximum atomic E-state index is 12.5. The molecule has 0 amide bonds. The molecule has 0 aliphatic rings. The number of ether oxygens (including phenoxy) is 2. The van der Waals surface area contributed by atoms with E-state index in [4.69, 9.17) is 20.9 Å². The molecule has 0 radical (unpaired) electrons. The molecule has 2 heterocycles. The van der Waals surface area contributed by atoms with Crippen molar-refractivity contribution in [1.29, 1.82) is 0 Å². The Hall–Kier alpha value is -4.72. The number of fused-ring (bicyclic) bond motifs is 2. The largest absolute Gasteiger partial charge is 0.495 e. The molecule has 4 aromatic carbocycles. The second-order valence-corrected chi connectivity index (χ2v) is 11.9. The molecule has 0 fully saturated rings. The normalized spacial score (nSPS) is 12.1. The number of benzene rings is 4. The van der Waals surface area contributed by atoms with Crippen LogP contribution in [0.4, 0.5) is 11.4 Å². The van der Waals surface area contributed by atoms with E-state index in [0.717, 1.165) is 33.2 Å². The maximum absolute atomic E-state index is 12.5. The zero-order valence-electron chi connectivity index (χ0n) is 23.5. The smallest absolute Gasteiger partial charge is 0.197 e. The standard InChI is InChI=1S/2C15H15N3O2S.H2O/c2*1-20-13-8-4-5-10(14(13)16)9-21(19)15-17-11-6-2-3-7-12(11)18-15;/h2*2-8H,9,16H2,1H3,(H,17,18);1H2. The van der Waals surface area contributed by atoms with Gasteiger partial charge < -0.3 is 36.4 Å². The molecular weight excluding hydrogens is 589 g/mol. The van der Waals surface area contributed by atoms with Gasteiger partial charge in [0.2, 0.25) is 0 Å². The summed E-state index contributed by atoms with van der Waals surface area (Å²) in [6.45, 7) is 0. The first kappa shape index (κ1) is 31.2. The molecule has 13 heteroatoms. The van der Waals surface area contributed by atoms with E-state index in [2.05, 4.69) is 19.9 Å². The van der Waals surface area contributed by atoms with Gasteiger partial charge in [-0.25, -0.2) is 9.97 Å². The summed E-state index contributed by atoms with van der Waals surface area (Å²) in [4.78, 5) is 14.9. The Morgan fingerprint density at radius 2 is 1.02 bits per heavy atom. The van der Waals surface area contributed by atoms with Crippen LogP contribution in [0.2, 0.25) is 0 Å². The van der Waals surface area contributed by atoms with Crippen molar-refractivity contribution < 1.29 is 23.4 Å². The third kappa shape index (κ3) is 7.02. The van der Waals surface area contributed by atoms with Gasteiger partial charge in [-0.15, -0.1) is 0 Å². The summed E-state index contributed by atoms with van der Waals surface area (Å²) in [6, 6.07) is 26.1. The number of nitrogen functional groups attached to an aromatic ring is 2. The molecule has 0 saturated carbocycles. The van der Waals surface area contributed by atoms with Crippen LogP contribution in [0.3, 0.4) is 0 Å². The SMILES string of the molecule is COc1cccc(CS(=O)c2nc3ccccc3[nH]2)c1N.COc1cccc(CS(=O)c2nc3ccccc3[nH]2)c1N.O. The molecule has 6 aromatic rings. The number of hydrogen-bond donors (Lipinski definition) is 4. The van der Waals surface area contributed by atoms with Crippen LogP contribution in [0, 0.1) is 0 Å². The van der Waals surface area contributed by atoms with Gasteiger partial charge in [-0.1, -0.05) is 48.5 Å². The molecule has 2 unspecified atom stereocenters. The molecule has 11 nitrogen and oxygen atoms in total. The van der Waals surface area contributed by atoms with Gasteiger partial charge in [0.15, 0.2) is 10.3 Å². The molecule has 0 spiro atoms. The number of aromatic nitrogens is 4. The van der Waals surface area contributed by atoms with Gasteiger partial charge >= 0.3 is 0 Å². The predicted octanol–water partition coefficient (Wildman–Crippen LogP) is 4.10. The zero-order chi connectivity index (χ0) is 29.6. The van der Waals surface area contributed by atoms with Crippen LogP contribution in [0.25, 0.3) is 22.1 Å². The van der Waals surface area contributed by atoms with E-state index in [1.807, 2.05) is 72.8 Å². The fourth-order valence-electron chi connectivity index (χ4n) is 4.28. The van der Waals surface area contributed by atoms with Gasteiger partial charge in [-0.3, -0.25) is 8.42 Å². The van der Waals surface area contributed by atoms with Crippen molar-refractivity contribution in [2.45, 2.75) is 21.8 Å². The van der Waals surface area contributed by atoms with E-state index in [1.165, 1.54) is 0 Å². The minimum atomic E-state index is -1.29. The lowest BCUT2D eigenvalue weighted by atomic mass is 10.2. The maximum Gasteiger partial charge on any atom is 0.197 e. The second kappa shape index (κ2) is 14.0. The number of H-pyrrole nitrogens is 2. The lowest BCUT2D eigenvalue weighted by molar-refractivity contribution is 0.416. The van der Waals surface area contributed by atoms with Crippen LogP contribution in [-0.2, 0) is 33.1 Å². The monoisotopic (exact) mass is 620 g/mol. The number of hydrogen-bond acceptors (Lipinski definition) is 8. The Morgan fingerprint density at radius 1 is 0.628 bits per heavy atom. The second-order valence-electron chi connectivity index (χ2n) is 9.16. The minimum absolute atomic E-state index is 0. The van der Waals surface area contributed by atoms with E-state index in [0.29, 0.717) is 44.7 Å². The number of imidazole rings is 2. The van der Waals surface area contributed by atoms with Crippen molar-refractivity contribution in [2.24, 2.45) is 0 Å². The number of para-hydroxylation sites is 6. The highest BCUT2D eigenvalue weighted by Gasteiger charge is 2.15. The number of nitrogens with two attached hydrogens (primary N) is 2. The number of methoxy groups -OCH3 is 2. The van der Waals surface area contributed by atoms with Gasteiger partial charge in [0.05, 0.1) is 80.8 Å². The zero-order valence-corrected chi connectivity index (χ0v) is 25.1. The van der Waals surface area contributed by atoms with E-state index in [1.54, 1.807) is 26.4 Å². The van der Waals surface area contributed by atoms with Gasteiger partial charge in [0.25, 0.3) is 0 Å². The fraction of sp³-hybridized carbons (Fsp3) is 0.133. The Kier molecular flexibility index (Phi) is 10.1. The molecule has 0 aliphatic carbocycles. The lowest BCUT2D eigenvalue weighted by Gasteiger charge is -2.08. The molecule has 0 bridgehead atoms. The van der Waals surface area contributed by atoms with Crippen molar-refractivity contribution in [3.05, 3.63) is 96.1 Å². The Morgan fingerprint density at radius 3 is 1.40 bits per heavy atom. The predicted molar refractivity (Wildman–Crippen MR) is 171 cm³/mol. The summed E-state index contributed by atoms with van der Waals surface area (Å²) < 4.78 is 35.3. The van der Waals surface area contributed by atoms with Crippen molar-refractivity contribution in [3.63, 3.8) is 0 Å². The summed E-state index contributed by atoms with van der Waals surface area (Å²) in [7, 11) is 0.543. The lowest BCUT2D eigenvalue weighted by Crippen LogP contribution is -2.03. The third-order valence-corrected chi connectivity index (χ3v) is 8.89. The highest BCUT2D eigenvalue weighted by molar-refractivity contribution is 7.84. The Bertz CT molecular complexity index is 1700.